The van der Waals surface area contributed by atoms with Crippen LogP contribution in [0.2, 0.25) is 5.02 Å². The molecular formula is C22H19ClF2N2O4S. The number of benzene rings is 2. The van der Waals surface area contributed by atoms with E-state index in [0.29, 0.717) is 18.4 Å². The van der Waals surface area contributed by atoms with Crippen molar-refractivity contribution in [1.82, 2.24) is 10.2 Å². The summed E-state index contributed by atoms with van der Waals surface area (Å²) < 4.78 is 32.8. The molecule has 168 valence electrons. The molecule has 1 amide bonds. The number of methoxy groups -OCH3 is 1. The fourth-order valence-electron chi connectivity index (χ4n) is 4.21. The van der Waals surface area contributed by atoms with Crippen molar-refractivity contribution in [3.05, 3.63) is 69.7 Å². The number of nitrogens with zero attached hydrogens (tertiary/aromatic N) is 1. The maximum atomic E-state index is 14.0. The Morgan fingerprint density at radius 2 is 1.97 bits per heavy atom. The van der Waals surface area contributed by atoms with Gasteiger partial charge < -0.3 is 15.2 Å². The lowest BCUT2D eigenvalue weighted by Gasteiger charge is -2.30. The number of thiocarbonyl (C=S) groups is 1. The molecule has 1 heterocycles. The molecule has 6 nitrogen and oxygen atoms in total. The smallest absolute Gasteiger partial charge is 0.339 e. The second-order valence-corrected chi connectivity index (χ2v) is 8.57. The predicted octanol–water partition coefficient (Wildman–Crippen LogP) is 3.46. The molecule has 2 fully saturated rings. The summed E-state index contributed by atoms with van der Waals surface area (Å²) in [5.74, 6) is -3.03. The number of esters is 1. The number of hydrogen-bond donors (Lipinski definition) is 2. The van der Waals surface area contributed by atoms with Crippen LogP contribution >= 0.6 is 23.8 Å². The average Bonchev–Trinajstić information content (AvgIpc) is 3.56. The van der Waals surface area contributed by atoms with Crippen LogP contribution in [0.15, 0.2) is 36.4 Å². The van der Waals surface area contributed by atoms with Gasteiger partial charge in [0, 0.05) is 6.07 Å². The van der Waals surface area contributed by atoms with Crippen LogP contribution in [0.3, 0.4) is 0 Å². The Bertz CT molecular complexity index is 1110. The molecule has 1 saturated heterocycles. The highest BCUT2D eigenvalue weighted by molar-refractivity contribution is 7.80. The number of nitrogens with one attached hydrogen (secondary N) is 1. The van der Waals surface area contributed by atoms with Gasteiger partial charge in [0.2, 0.25) is 0 Å². The number of hydrogen-bond acceptors (Lipinski definition) is 5. The predicted molar refractivity (Wildman–Crippen MR) is 116 cm³/mol. The molecule has 0 bridgehead atoms. The third-order valence-corrected chi connectivity index (χ3v) is 6.48. The van der Waals surface area contributed by atoms with Gasteiger partial charge in [-0.25, -0.2) is 13.6 Å². The summed E-state index contributed by atoms with van der Waals surface area (Å²) in [6.07, 6.45) is 1.34. The van der Waals surface area contributed by atoms with Crippen molar-refractivity contribution < 1.29 is 28.2 Å². The summed E-state index contributed by atoms with van der Waals surface area (Å²) in [5.41, 5.74) is -0.844. The van der Waals surface area contributed by atoms with Crippen LogP contribution in [0.25, 0.3) is 0 Å². The highest BCUT2D eigenvalue weighted by Crippen LogP contribution is 2.50. The van der Waals surface area contributed by atoms with Gasteiger partial charge >= 0.3 is 5.97 Å². The van der Waals surface area contributed by atoms with Gasteiger partial charge in [-0.15, -0.1) is 0 Å². The number of amides is 1. The van der Waals surface area contributed by atoms with E-state index >= 15 is 0 Å². The Morgan fingerprint density at radius 1 is 1.31 bits per heavy atom. The van der Waals surface area contributed by atoms with Gasteiger partial charge in [-0.1, -0.05) is 17.7 Å². The second-order valence-electron chi connectivity index (χ2n) is 7.77. The zero-order valence-electron chi connectivity index (χ0n) is 16.9. The van der Waals surface area contributed by atoms with Crippen LogP contribution < -0.4 is 5.32 Å². The Kier molecular flexibility index (Phi) is 5.91. The molecule has 2 aliphatic rings. The average molecular weight is 481 g/mol. The number of rotatable bonds is 6. The highest BCUT2D eigenvalue weighted by Gasteiger charge is 2.60. The monoisotopic (exact) mass is 480 g/mol. The molecule has 1 saturated carbocycles. The summed E-state index contributed by atoms with van der Waals surface area (Å²) in [5, 5.41) is 13.3. The fourth-order valence-corrected chi connectivity index (χ4v) is 4.77. The van der Waals surface area contributed by atoms with E-state index in [2.05, 4.69) is 5.32 Å². The molecule has 10 heteroatoms. The number of carbonyl (C=O) groups excluding carboxylic acids is 2. The van der Waals surface area contributed by atoms with Gasteiger partial charge in [-0.2, -0.15) is 0 Å². The zero-order chi connectivity index (χ0) is 23.2. The van der Waals surface area contributed by atoms with Crippen LogP contribution in [0.1, 0.15) is 40.4 Å². The number of ether oxygens (including phenoxy) is 1. The van der Waals surface area contributed by atoms with Crippen LogP contribution in [0, 0.1) is 17.6 Å². The van der Waals surface area contributed by atoms with Crippen molar-refractivity contribution in [2.24, 2.45) is 5.92 Å². The minimum Gasteiger partial charge on any atom is -0.465 e. The van der Waals surface area contributed by atoms with Crippen LogP contribution in [0.5, 0.6) is 0 Å². The molecule has 1 aliphatic carbocycles. The minimum absolute atomic E-state index is 0.0141. The molecule has 2 aromatic rings. The SMILES string of the molecule is COC(=O)c1cc(C(CO)N2C(=O)[C@](c3cc(F)cc(F)c3)(C3CC3)NC2=S)ccc1Cl. The summed E-state index contributed by atoms with van der Waals surface area (Å²) in [4.78, 5) is 27.0. The Morgan fingerprint density at radius 3 is 2.53 bits per heavy atom. The van der Waals surface area contributed by atoms with E-state index in [1.807, 2.05) is 0 Å². The summed E-state index contributed by atoms with van der Waals surface area (Å²) in [6, 6.07) is 6.45. The van der Waals surface area contributed by atoms with Gasteiger partial charge in [0.05, 0.1) is 30.3 Å². The molecule has 32 heavy (non-hydrogen) atoms. The van der Waals surface area contributed by atoms with Crippen LogP contribution in [-0.2, 0) is 15.1 Å². The molecule has 0 spiro atoms. The molecule has 1 unspecified atom stereocenters. The second kappa shape index (κ2) is 8.38. The molecule has 2 N–H and O–H groups in total. The number of carbonyl (C=O) groups is 2. The Balaban J connectivity index is 1.78. The first-order valence-corrected chi connectivity index (χ1v) is 10.6. The molecule has 4 rings (SSSR count). The maximum absolute atomic E-state index is 14.0. The zero-order valence-corrected chi connectivity index (χ0v) is 18.5. The van der Waals surface area contributed by atoms with E-state index in [1.54, 1.807) is 6.07 Å². The summed E-state index contributed by atoms with van der Waals surface area (Å²) in [7, 11) is 1.21. The largest absolute Gasteiger partial charge is 0.465 e. The van der Waals surface area contributed by atoms with E-state index in [9.17, 15) is 23.5 Å². The van der Waals surface area contributed by atoms with Crippen LogP contribution in [0.4, 0.5) is 8.78 Å². The van der Waals surface area contributed by atoms with Gasteiger partial charge in [0.1, 0.15) is 17.2 Å². The van der Waals surface area contributed by atoms with E-state index in [-0.39, 0.29) is 27.2 Å². The summed E-state index contributed by atoms with van der Waals surface area (Å²) >= 11 is 11.5. The van der Waals surface area contributed by atoms with E-state index in [0.717, 1.165) is 18.2 Å². The van der Waals surface area contributed by atoms with Gasteiger partial charge in [-0.05, 0) is 66.4 Å². The normalized spacial score (nSPS) is 21.5. The number of halogens is 3. The molecule has 0 radical (unpaired) electrons. The fraction of sp³-hybridized carbons (Fsp3) is 0.318. The lowest BCUT2D eigenvalue weighted by atomic mass is 9.84. The molecule has 2 atom stereocenters. The topological polar surface area (TPSA) is 78.9 Å². The van der Waals surface area contributed by atoms with Crippen molar-refractivity contribution in [3.63, 3.8) is 0 Å². The van der Waals surface area contributed by atoms with Gasteiger partial charge in [0.15, 0.2) is 5.11 Å². The lowest BCUT2D eigenvalue weighted by Crippen LogP contribution is -2.46. The maximum Gasteiger partial charge on any atom is 0.339 e. The van der Waals surface area contributed by atoms with Crippen molar-refractivity contribution in [2.75, 3.05) is 13.7 Å². The molecule has 1 aliphatic heterocycles. The van der Waals surface area contributed by atoms with E-state index in [4.69, 9.17) is 28.6 Å². The Labute approximate surface area is 193 Å². The van der Waals surface area contributed by atoms with Gasteiger partial charge in [0.25, 0.3) is 5.91 Å². The number of aliphatic hydroxyl groups excluding tert-OH is 1. The highest BCUT2D eigenvalue weighted by atomic mass is 35.5. The quantitative estimate of drug-likeness (QED) is 0.487. The van der Waals surface area contributed by atoms with E-state index < -0.39 is 41.7 Å². The van der Waals surface area contributed by atoms with Crippen molar-refractivity contribution in [3.8, 4) is 0 Å². The molecular weight excluding hydrogens is 462 g/mol. The standard InChI is InChI=1S/C22H19ClF2N2O4S/c1-31-19(29)16-6-11(2-5-17(16)23)18(10-28)27-20(30)22(12-3-4-12,26-21(27)32)13-7-14(24)9-15(25)8-13/h2,5-9,12,18,28H,3-4,10H2,1H3,(H,26,32)/t18?,22-/m1/s1. The van der Waals surface area contributed by atoms with Crippen molar-refractivity contribution in [1.29, 1.82) is 0 Å². The Hall–Kier alpha value is -2.62. The molecule has 0 aromatic heterocycles. The van der Waals surface area contributed by atoms with Crippen molar-refractivity contribution >= 4 is 40.8 Å². The van der Waals surface area contributed by atoms with Crippen LogP contribution in [-0.4, -0.2) is 40.7 Å². The number of aliphatic hydroxyl groups is 1. The first kappa shape index (κ1) is 22.6. The lowest BCUT2D eigenvalue weighted by molar-refractivity contribution is -0.134. The summed E-state index contributed by atoms with van der Waals surface area (Å²) in [6.45, 7) is -0.520. The van der Waals surface area contributed by atoms with Crippen molar-refractivity contribution in [2.45, 2.75) is 24.4 Å². The molecule has 2 aromatic carbocycles. The third-order valence-electron chi connectivity index (χ3n) is 5.85. The minimum atomic E-state index is -1.44. The first-order valence-electron chi connectivity index (χ1n) is 9.84. The third kappa shape index (κ3) is 3.64. The van der Waals surface area contributed by atoms with E-state index in [1.165, 1.54) is 24.1 Å². The first-order chi connectivity index (χ1) is 15.2. The van der Waals surface area contributed by atoms with Gasteiger partial charge in [-0.3, -0.25) is 9.69 Å².